The van der Waals surface area contributed by atoms with Crippen molar-refractivity contribution in [1.29, 1.82) is 0 Å². The maximum Gasteiger partial charge on any atom is 0.148 e. The largest absolute Gasteiger partial charge is 0.337 e. The van der Waals surface area contributed by atoms with E-state index in [1.54, 1.807) is 4.68 Å². The first-order chi connectivity index (χ1) is 9.58. The maximum absolute atomic E-state index is 5.55. The number of hydrogen-bond donors (Lipinski definition) is 3. The number of aryl methyl sites for hydroxylation is 2. The molecule has 0 bridgehead atoms. The highest BCUT2D eigenvalue weighted by Gasteiger charge is 2.28. The Labute approximate surface area is 117 Å². The molecular weight excluding hydrogens is 254 g/mol. The molecule has 0 unspecified atom stereocenters. The van der Waals surface area contributed by atoms with Crippen molar-refractivity contribution in [2.45, 2.75) is 32.6 Å². The van der Waals surface area contributed by atoms with Gasteiger partial charge < -0.3 is 10.7 Å². The molecule has 1 aliphatic carbocycles. The van der Waals surface area contributed by atoms with Crippen LogP contribution in [0.25, 0.3) is 0 Å². The highest BCUT2D eigenvalue weighted by Crippen LogP contribution is 2.39. The van der Waals surface area contributed by atoms with Crippen molar-refractivity contribution in [3.05, 3.63) is 23.3 Å². The van der Waals surface area contributed by atoms with Gasteiger partial charge in [-0.1, -0.05) is 0 Å². The Balaban J connectivity index is 1.99. The van der Waals surface area contributed by atoms with Gasteiger partial charge in [0.15, 0.2) is 0 Å². The second kappa shape index (κ2) is 4.75. The molecule has 3 rings (SSSR count). The average molecular weight is 273 g/mol. The first-order valence-electron chi connectivity index (χ1n) is 6.71. The Morgan fingerprint density at radius 2 is 1.95 bits per heavy atom. The summed E-state index contributed by atoms with van der Waals surface area (Å²) in [5.41, 5.74) is 5.43. The first kappa shape index (κ1) is 12.9. The van der Waals surface area contributed by atoms with Gasteiger partial charge in [-0.25, -0.2) is 15.8 Å². The molecule has 1 aliphatic rings. The first-order valence-corrected chi connectivity index (χ1v) is 6.71. The topological polar surface area (TPSA) is 93.7 Å². The summed E-state index contributed by atoms with van der Waals surface area (Å²) in [6, 6.07) is 0. The number of rotatable bonds is 4. The van der Waals surface area contributed by atoms with Gasteiger partial charge in [0.05, 0.1) is 11.4 Å². The van der Waals surface area contributed by atoms with E-state index in [-0.39, 0.29) is 0 Å². The minimum absolute atomic E-state index is 0.471. The van der Waals surface area contributed by atoms with Crippen LogP contribution < -0.4 is 16.6 Å². The predicted octanol–water partition coefficient (Wildman–Crippen LogP) is 1.73. The lowest BCUT2D eigenvalue weighted by molar-refractivity contribution is 0.756. The van der Waals surface area contributed by atoms with Crippen molar-refractivity contribution in [3.8, 4) is 0 Å². The Bertz CT molecular complexity index is 642. The van der Waals surface area contributed by atoms with Crippen LogP contribution in [0.2, 0.25) is 0 Å². The van der Waals surface area contributed by atoms with Gasteiger partial charge in [-0.3, -0.25) is 4.68 Å². The predicted molar refractivity (Wildman–Crippen MR) is 77.8 cm³/mol. The molecule has 2 heterocycles. The van der Waals surface area contributed by atoms with Gasteiger partial charge in [0.25, 0.3) is 0 Å². The molecule has 0 saturated heterocycles. The van der Waals surface area contributed by atoms with Gasteiger partial charge in [0.2, 0.25) is 0 Å². The monoisotopic (exact) mass is 273 g/mol. The van der Waals surface area contributed by atoms with Crippen molar-refractivity contribution in [2.24, 2.45) is 12.9 Å². The fourth-order valence-electron chi connectivity index (χ4n) is 2.17. The molecule has 0 aromatic carbocycles. The van der Waals surface area contributed by atoms with Crippen LogP contribution >= 0.6 is 0 Å². The molecule has 0 atom stereocenters. The fourth-order valence-corrected chi connectivity index (χ4v) is 2.17. The summed E-state index contributed by atoms with van der Waals surface area (Å²) in [5.74, 6) is 8.33. The quantitative estimate of drug-likeness (QED) is 0.580. The Morgan fingerprint density at radius 1 is 1.25 bits per heavy atom. The Morgan fingerprint density at radius 3 is 2.50 bits per heavy atom. The smallest absolute Gasteiger partial charge is 0.148 e. The number of nitrogens with zero attached hydrogens (tertiary/aromatic N) is 4. The van der Waals surface area contributed by atoms with Crippen LogP contribution in [0.15, 0.2) is 6.20 Å². The molecule has 2 aromatic heterocycles. The van der Waals surface area contributed by atoms with E-state index in [1.807, 2.05) is 27.1 Å². The lowest BCUT2D eigenvalue weighted by atomic mass is 10.2. The summed E-state index contributed by atoms with van der Waals surface area (Å²) >= 11 is 0. The minimum atomic E-state index is 0.471. The normalized spacial score (nSPS) is 14.4. The zero-order valence-electron chi connectivity index (χ0n) is 11.9. The van der Waals surface area contributed by atoms with Crippen molar-refractivity contribution in [2.75, 3.05) is 10.7 Å². The van der Waals surface area contributed by atoms with E-state index in [1.165, 1.54) is 0 Å². The number of nitrogen functional groups attached to an aromatic ring is 1. The van der Waals surface area contributed by atoms with Crippen LogP contribution in [-0.2, 0) is 7.05 Å². The number of anilines is 3. The second-order valence-corrected chi connectivity index (χ2v) is 5.25. The molecule has 1 fully saturated rings. The zero-order chi connectivity index (χ0) is 14.3. The van der Waals surface area contributed by atoms with E-state index < -0.39 is 0 Å². The highest BCUT2D eigenvalue weighted by molar-refractivity contribution is 5.65. The minimum Gasteiger partial charge on any atom is -0.337 e. The summed E-state index contributed by atoms with van der Waals surface area (Å²) < 4.78 is 1.78. The number of aromatic nitrogens is 4. The number of hydrogen-bond acceptors (Lipinski definition) is 6. The average Bonchev–Trinajstić information content (AvgIpc) is 3.19. The van der Waals surface area contributed by atoms with Crippen molar-refractivity contribution in [1.82, 2.24) is 19.7 Å². The van der Waals surface area contributed by atoms with Gasteiger partial charge in [-0.05, 0) is 26.7 Å². The van der Waals surface area contributed by atoms with Gasteiger partial charge in [-0.15, -0.1) is 0 Å². The lowest BCUT2D eigenvalue weighted by Gasteiger charge is -2.13. The van der Waals surface area contributed by atoms with Gasteiger partial charge in [-0.2, -0.15) is 5.10 Å². The summed E-state index contributed by atoms with van der Waals surface area (Å²) in [7, 11) is 1.90. The van der Waals surface area contributed by atoms with Crippen LogP contribution in [0.5, 0.6) is 0 Å². The molecule has 7 nitrogen and oxygen atoms in total. The zero-order valence-corrected chi connectivity index (χ0v) is 11.9. The number of hydrazine groups is 1. The lowest BCUT2D eigenvalue weighted by Crippen LogP contribution is -2.13. The molecule has 106 valence electrons. The molecule has 0 spiro atoms. The molecule has 20 heavy (non-hydrogen) atoms. The number of nitrogens with one attached hydrogen (secondary N) is 2. The Kier molecular flexibility index (Phi) is 3.06. The van der Waals surface area contributed by atoms with E-state index in [0.29, 0.717) is 11.7 Å². The molecule has 0 aliphatic heterocycles. The summed E-state index contributed by atoms with van der Waals surface area (Å²) in [6.45, 7) is 3.91. The van der Waals surface area contributed by atoms with Gasteiger partial charge >= 0.3 is 0 Å². The SMILES string of the molecule is Cc1nn(C)cc1Nc1nc(C2CC2)nc(NN)c1C. The van der Waals surface area contributed by atoms with E-state index >= 15 is 0 Å². The Hall–Kier alpha value is -2.15. The van der Waals surface area contributed by atoms with E-state index in [9.17, 15) is 0 Å². The molecule has 7 heteroatoms. The molecular formula is C13H19N7. The summed E-state index contributed by atoms with van der Waals surface area (Å²) in [5, 5.41) is 7.65. The molecule has 0 amide bonds. The fraction of sp³-hybridized carbons (Fsp3) is 0.462. The van der Waals surface area contributed by atoms with Crippen molar-refractivity contribution >= 4 is 17.3 Å². The van der Waals surface area contributed by atoms with Crippen LogP contribution in [0, 0.1) is 13.8 Å². The van der Waals surface area contributed by atoms with E-state index in [4.69, 9.17) is 5.84 Å². The molecule has 0 radical (unpaired) electrons. The molecule has 4 N–H and O–H groups in total. The number of nitrogens with two attached hydrogens (primary N) is 1. The third kappa shape index (κ3) is 2.32. The van der Waals surface area contributed by atoms with Crippen LogP contribution in [-0.4, -0.2) is 19.7 Å². The standard InChI is InChI=1S/C13H19N7/c1-7-11(15-10-6-20(3)19-8(10)2)16-13(9-4-5-9)17-12(7)18-14/h6,9H,4-5,14H2,1-3H3,(H2,15,16,17,18). The highest BCUT2D eigenvalue weighted by atomic mass is 15.3. The molecule has 1 saturated carbocycles. The summed E-state index contributed by atoms with van der Waals surface area (Å²) in [4.78, 5) is 9.11. The third-order valence-electron chi connectivity index (χ3n) is 3.51. The van der Waals surface area contributed by atoms with Crippen LogP contribution in [0.4, 0.5) is 17.3 Å². The third-order valence-corrected chi connectivity index (χ3v) is 3.51. The second-order valence-electron chi connectivity index (χ2n) is 5.25. The van der Waals surface area contributed by atoms with E-state index in [0.717, 1.165) is 41.4 Å². The van der Waals surface area contributed by atoms with E-state index in [2.05, 4.69) is 25.8 Å². The summed E-state index contributed by atoms with van der Waals surface area (Å²) in [6.07, 6.45) is 4.24. The maximum atomic E-state index is 5.55. The van der Waals surface area contributed by atoms with Crippen molar-refractivity contribution < 1.29 is 0 Å². The molecule has 2 aromatic rings. The van der Waals surface area contributed by atoms with Gasteiger partial charge in [0, 0.05) is 24.7 Å². The van der Waals surface area contributed by atoms with Crippen LogP contribution in [0.3, 0.4) is 0 Å². The van der Waals surface area contributed by atoms with Crippen LogP contribution in [0.1, 0.15) is 35.8 Å². The van der Waals surface area contributed by atoms with Crippen molar-refractivity contribution in [3.63, 3.8) is 0 Å². The van der Waals surface area contributed by atoms with Gasteiger partial charge in [0.1, 0.15) is 17.5 Å².